The van der Waals surface area contributed by atoms with Gasteiger partial charge in [-0.15, -0.1) is 0 Å². The zero-order valence-corrected chi connectivity index (χ0v) is 16.5. The van der Waals surface area contributed by atoms with Gasteiger partial charge in [-0.2, -0.15) is 0 Å². The van der Waals surface area contributed by atoms with Gasteiger partial charge in [-0.25, -0.2) is 18.7 Å². The number of halogens is 3. The molecule has 1 saturated heterocycles. The minimum Gasteiger partial charge on any atom is -0.392 e. The third kappa shape index (κ3) is 4.29. The highest BCUT2D eigenvalue weighted by Gasteiger charge is 2.21. The number of nitrogens with one attached hydrogen (secondary N) is 1. The van der Waals surface area contributed by atoms with Crippen molar-refractivity contribution in [3.8, 4) is 0 Å². The fourth-order valence-corrected chi connectivity index (χ4v) is 3.61. The topological polar surface area (TPSA) is 74.2 Å². The van der Waals surface area contributed by atoms with Crippen molar-refractivity contribution >= 4 is 34.1 Å². The number of aliphatic hydroxyl groups is 1. The van der Waals surface area contributed by atoms with Gasteiger partial charge < -0.3 is 10.4 Å². The molecule has 0 radical (unpaired) electrons. The van der Waals surface area contributed by atoms with Crippen LogP contribution >= 0.6 is 11.6 Å². The first kappa shape index (κ1) is 19.9. The number of anilines is 2. The molecule has 1 aromatic carbocycles. The first-order valence-electron chi connectivity index (χ1n) is 9.28. The summed E-state index contributed by atoms with van der Waals surface area (Å²) in [6, 6.07) is 7.07. The zero-order chi connectivity index (χ0) is 20.5. The highest BCUT2D eigenvalue weighted by atomic mass is 35.5. The number of pyridine rings is 1. The molecule has 9 heteroatoms. The average molecular weight is 420 g/mol. The number of alkyl halides is 2. The molecule has 0 bridgehead atoms. The van der Waals surface area contributed by atoms with Crippen LogP contribution in [0.25, 0.3) is 11.0 Å². The lowest BCUT2D eigenvalue weighted by atomic mass is 10.2. The van der Waals surface area contributed by atoms with Gasteiger partial charge in [-0.1, -0.05) is 17.7 Å². The van der Waals surface area contributed by atoms with Crippen LogP contribution in [-0.4, -0.2) is 44.2 Å². The largest absolute Gasteiger partial charge is 0.392 e. The van der Waals surface area contributed by atoms with Crippen LogP contribution in [0.5, 0.6) is 0 Å². The second kappa shape index (κ2) is 8.14. The number of nitrogens with zero attached hydrogens (tertiary/aromatic N) is 4. The normalized spacial score (nSPS) is 17.4. The third-order valence-corrected chi connectivity index (χ3v) is 5.39. The lowest BCUT2D eigenvalue weighted by molar-refractivity contribution is 0.141. The summed E-state index contributed by atoms with van der Waals surface area (Å²) in [5.74, 6) is -0.353. The standard InChI is InChI=1S/C20H20ClF2N5O/c1-11-14(21)3-2-4-15(11)25-19-17-16(26-20(27-19)18(22)23)7-12(8-24-17)9-28-6-5-13(29)10-28/h2-4,7-8,13,18,29H,5-6,9-10H2,1H3,(H,25,26,27)/t13-/m1/s1. The molecular formula is C20H20ClF2N5O. The molecule has 1 atom stereocenters. The van der Waals surface area contributed by atoms with E-state index in [9.17, 15) is 13.9 Å². The number of likely N-dealkylation sites (tertiary alicyclic amines) is 1. The molecule has 2 N–H and O–H groups in total. The molecule has 0 unspecified atom stereocenters. The Morgan fingerprint density at radius 1 is 1.34 bits per heavy atom. The van der Waals surface area contributed by atoms with Gasteiger partial charge in [0.15, 0.2) is 11.6 Å². The summed E-state index contributed by atoms with van der Waals surface area (Å²) < 4.78 is 26.8. The van der Waals surface area contributed by atoms with Gasteiger partial charge in [0.1, 0.15) is 5.52 Å². The smallest absolute Gasteiger partial charge is 0.297 e. The van der Waals surface area contributed by atoms with E-state index in [2.05, 4.69) is 25.2 Å². The van der Waals surface area contributed by atoms with E-state index in [1.54, 1.807) is 30.5 Å². The number of hydrogen-bond acceptors (Lipinski definition) is 6. The van der Waals surface area contributed by atoms with Gasteiger partial charge >= 0.3 is 0 Å². The van der Waals surface area contributed by atoms with Gasteiger partial charge in [-0.3, -0.25) is 9.88 Å². The molecule has 4 rings (SSSR count). The number of fused-ring (bicyclic) bond motifs is 1. The van der Waals surface area contributed by atoms with Crippen LogP contribution in [0.2, 0.25) is 5.02 Å². The highest BCUT2D eigenvalue weighted by Crippen LogP contribution is 2.30. The van der Waals surface area contributed by atoms with E-state index in [1.807, 2.05) is 6.92 Å². The summed E-state index contributed by atoms with van der Waals surface area (Å²) in [6.45, 7) is 3.78. The molecule has 6 nitrogen and oxygen atoms in total. The number of aliphatic hydroxyl groups excluding tert-OH is 1. The van der Waals surface area contributed by atoms with Gasteiger partial charge in [0.05, 0.1) is 11.6 Å². The van der Waals surface area contributed by atoms with Gasteiger partial charge in [0.2, 0.25) is 0 Å². The Morgan fingerprint density at radius 2 is 2.17 bits per heavy atom. The Morgan fingerprint density at radius 3 is 2.90 bits per heavy atom. The molecule has 1 aliphatic rings. The predicted octanol–water partition coefficient (Wildman–Crippen LogP) is 4.23. The molecule has 1 fully saturated rings. The third-order valence-electron chi connectivity index (χ3n) is 4.98. The molecule has 0 spiro atoms. The van der Waals surface area contributed by atoms with Crippen LogP contribution in [0.3, 0.4) is 0 Å². The second-order valence-corrected chi connectivity index (χ2v) is 7.56. The summed E-state index contributed by atoms with van der Waals surface area (Å²) >= 11 is 6.16. The predicted molar refractivity (Wildman–Crippen MR) is 108 cm³/mol. The summed E-state index contributed by atoms with van der Waals surface area (Å²) in [5.41, 5.74) is 3.03. The van der Waals surface area contributed by atoms with E-state index in [0.717, 1.165) is 24.1 Å². The summed E-state index contributed by atoms with van der Waals surface area (Å²) in [6.07, 6.45) is -0.717. The number of β-amino-alcohol motifs (C(OH)–C–C–N with tert-alkyl or cyclic N) is 1. The molecule has 0 saturated carbocycles. The molecule has 3 heterocycles. The van der Waals surface area contributed by atoms with Crippen molar-refractivity contribution in [3.63, 3.8) is 0 Å². The number of rotatable bonds is 5. The summed E-state index contributed by atoms with van der Waals surface area (Å²) in [4.78, 5) is 14.5. The van der Waals surface area contributed by atoms with Crippen LogP contribution in [-0.2, 0) is 6.54 Å². The zero-order valence-electron chi connectivity index (χ0n) is 15.7. The van der Waals surface area contributed by atoms with Crippen LogP contribution in [0.15, 0.2) is 30.5 Å². The maximum Gasteiger partial charge on any atom is 0.297 e. The Labute approximate surface area is 171 Å². The quantitative estimate of drug-likeness (QED) is 0.644. The van der Waals surface area contributed by atoms with E-state index in [4.69, 9.17) is 11.6 Å². The first-order chi connectivity index (χ1) is 13.9. The molecule has 1 aliphatic heterocycles. The van der Waals surface area contributed by atoms with Crippen molar-refractivity contribution in [3.05, 3.63) is 52.4 Å². The van der Waals surface area contributed by atoms with E-state index < -0.39 is 12.2 Å². The average Bonchev–Trinajstić information content (AvgIpc) is 3.09. The summed E-state index contributed by atoms with van der Waals surface area (Å²) in [7, 11) is 0. The first-order valence-corrected chi connectivity index (χ1v) is 9.66. The van der Waals surface area contributed by atoms with Crippen LogP contribution in [0.4, 0.5) is 20.3 Å². The number of hydrogen-bond donors (Lipinski definition) is 2. The minimum atomic E-state index is -2.81. The van der Waals surface area contributed by atoms with Gasteiger partial charge in [-0.05, 0) is 42.7 Å². The van der Waals surface area contributed by atoms with Crippen molar-refractivity contribution in [2.45, 2.75) is 32.4 Å². The summed E-state index contributed by atoms with van der Waals surface area (Å²) in [5, 5.41) is 13.3. The Kier molecular flexibility index (Phi) is 5.58. The molecular weight excluding hydrogens is 400 g/mol. The number of aromatic nitrogens is 3. The van der Waals surface area contributed by atoms with Gasteiger partial charge in [0, 0.05) is 36.5 Å². The minimum absolute atomic E-state index is 0.207. The Bertz CT molecular complexity index is 1050. The Balaban J connectivity index is 1.72. The van der Waals surface area contributed by atoms with Crippen molar-refractivity contribution in [1.82, 2.24) is 19.9 Å². The second-order valence-electron chi connectivity index (χ2n) is 7.16. The maximum atomic E-state index is 13.4. The fourth-order valence-electron chi connectivity index (χ4n) is 3.43. The van der Waals surface area contributed by atoms with Crippen LogP contribution in [0.1, 0.15) is 29.8 Å². The Hall–Kier alpha value is -2.42. The lowest BCUT2D eigenvalue weighted by Gasteiger charge is -2.16. The van der Waals surface area contributed by atoms with E-state index in [-0.39, 0.29) is 11.9 Å². The van der Waals surface area contributed by atoms with E-state index in [1.165, 1.54) is 0 Å². The highest BCUT2D eigenvalue weighted by molar-refractivity contribution is 6.31. The maximum absolute atomic E-state index is 13.4. The van der Waals surface area contributed by atoms with Crippen molar-refractivity contribution < 1.29 is 13.9 Å². The van der Waals surface area contributed by atoms with Gasteiger partial charge in [0.25, 0.3) is 6.43 Å². The van der Waals surface area contributed by atoms with E-state index in [0.29, 0.717) is 34.8 Å². The molecule has 3 aromatic rings. The van der Waals surface area contributed by atoms with Crippen LogP contribution in [0, 0.1) is 6.92 Å². The van der Waals surface area contributed by atoms with Crippen molar-refractivity contribution in [1.29, 1.82) is 0 Å². The molecule has 2 aromatic heterocycles. The van der Waals surface area contributed by atoms with Crippen molar-refractivity contribution in [2.24, 2.45) is 0 Å². The lowest BCUT2D eigenvalue weighted by Crippen LogP contribution is -2.21. The SMILES string of the molecule is Cc1c(Cl)cccc1Nc1nc(C(F)F)nc2cc(CN3CC[C@@H](O)C3)cnc12. The molecule has 29 heavy (non-hydrogen) atoms. The molecule has 0 amide bonds. The van der Waals surface area contributed by atoms with Crippen molar-refractivity contribution in [2.75, 3.05) is 18.4 Å². The molecule has 152 valence electrons. The number of benzene rings is 1. The van der Waals surface area contributed by atoms with Crippen LogP contribution < -0.4 is 5.32 Å². The fraction of sp³-hybridized carbons (Fsp3) is 0.350. The monoisotopic (exact) mass is 419 g/mol. The molecule has 0 aliphatic carbocycles. The van der Waals surface area contributed by atoms with E-state index >= 15 is 0 Å².